The lowest BCUT2D eigenvalue weighted by atomic mass is 9.85. The average Bonchev–Trinajstić information content (AvgIpc) is 3.16. The van der Waals surface area contributed by atoms with Gasteiger partial charge in [-0.25, -0.2) is 13.8 Å². The largest absolute Gasteiger partial charge is 0.475 e. The van der Waals surface area contributed by atoms with Crippen molar-refractivity contribution in [2.75, 3.05) is 30.3 Å². The molecule has 0 amide bonds. The summed E-state index contributed by atoms with van der Waals surface area (Å²) < 4.78 is 35.1. The number of halogens is 3. The maximum atomic E-state index is 13.6. The minimum absolute atomic E-state index is 0.0443. The fourth-order valence-corrected chi connectivity index (χ4v) is 4.65. The van der Waals surface area contributed by atoms with Crippen LogP contribution in [-0.4, -0.2) is 62.4 Å². The summed E-state index contributed by atoms with van der Waals surface area (Å²) in [5.41, 5.74) is 1.63. The summed E-state index contributed by atoms with van der Waals surface area (Å²) in [5.74, 6) is -1.08. The van der Waals surface area contributed by atoms with E-state index in [4.69, 9.17) is 21.4 Å². The number of nitrogens with one attached hydrogen (secondary N) is 2. The fraction of sp³-hybridized carbons (Fsp3) is 0.650. The van der Waals surface area contributed by atoms with E-state index in [1.807, 2.05) is 23.4 Å². The van der Waals surface area contributed by atoms with Crippen molar-refractivity contribution in [2.45, 2.75) is 63.6 Å². The number of hydrogen-bond acceptors (Lipinski definition) is 7. The molecule has 0 radical (unpaired) electrons. The van der Waals surface area contributed by atoms with E-state index < -0.39 is 5.92 Å². The van der Waals surface area contributed by atoms with Gasteiger partial charge in [0.1, 0.15) is 10.7 Å². The number of nitrogens with zero attached hydrogens (tertiary/aromatic N) is 5. The Morgan fingerprint density at radius 1 is 1.29 bits per heavy atom. The van der Waals surface area contributed by atoms with Crippen molar-refractivity contribution < 1.29 is 13.5 Å². The average molecular weight is 454 g/mol. The Morgan fingerprint density at radius 2 is 2.10 bits per heavy atom. The van der Waals surface area contributed by atoms with Crippen LogP contribution in [0.15, 0.2) is 6.20 Å². The third-order valence-corrected chi connectivity index (χ3v) is 6.70. The van der Waals surface area contributed by atoms with Crippen LogP contribution in [-0.2, 0) is 0 Å². The molecule has 0 aromatic carbocycles. The molecule has 2 aliphatic heterocycles. The Morgan fingerprint density at radius 3 is 2.84 bits per heavy atom. The van der Waals surface area contributed by atoms with Crippen molar-refractivity contribution in [2.24, 2.45) is 0 Å². The van der Waals surface area contributed by atoms with E-state index in [0.29, 0.717) is 35.8 Å². The van der Waals surface area contributed by atoms with Crippen LogP contribution in [0.3, 0.4) is 0 Å². The molecule has 4 heterocycles. The molecule has 5 rings (SSSR count). The van der Waals surface area contributed by atoms with Gasteiger partial charge >= 0.3 is 0 Å². The number of aromatic nitrogens is 4. The van der Waals surface area contributed by atoms with E-state index in [-0.39, 0.29) is 31.1 Å². The fourth-order valence-electron chi connectivity index (χ4n) is 4.50. The van der Waals surface area contributed by atoms with Gasteiger partial charge in [-0.1, -0.05) is 11.6 Å². The quantitative estimate of drug-likeness (QED) is 0.711. The molecule has 3 aliphatic rings. The van der Waals surface area contributed by atoms with Crippen molar-refractivity contribution in [3.8, 4) is 5.88 Å². The molecule has 2 N–H and O–H groups in total. The van der Waals surface area contributed by atoms with Crippen LogP contribution in [0.2, 0.25) is 5.02 Å². The topological polar surface area (TPSA) is 80.1 Å². The van der Waals surface area contributed by atoms with E-state index in [1.54, 1.807) is 6.20 Å². The zero-order valence-corrected chi connectivity index (χ0v) is 18.3. The second kappa shape index (κ2) is 7.74. The molecule has 2 aromatic rings. The standard InChI is InChI=1S/C20H26ClF2N7O/c1-11-3-6-31-18-16(26-19-24-9-15(21)17(25-11)27-19)12(2)30(28-18)14-7-13(8-14)29-5-4-20(22,23)10-29/h9,11,13-14H,3-8,10H2,1-2H3,(H2,24,25,26,27). The van der Waals surface area contributed by atoms with Crippen LogP contribution >= 0.6 is 11.6 Å². The number of ether oxygens (including phenoxy) is 1. The number of anilines is 3. The van der Waals surface area contributed by atoms with Crippen LogP contribution in [0.1, 0.15) is 44.3 Å². The molecule has 11 heteroatoms. The predicted molar refractivity (Wildman–Crippen MR) is 114 cm³/mol. The summed E-state index contributed by atoms with van der Waals surface area (Å²) in [6, 6.07) is 0.450. The smallest absolute Gasteiger partial charge is 0.261 e. The molecule has 1 saturated carbocycles. The van der Waals surface area contributed by atoms with Gasteiger partial charge in [0.05, 0.1) is 31.1 Å². The summed E-state index contributed by atoms with van der Waals surface area (Å²) in [5, 5.41) is 11.7. The van der Waals surface area contributed by atoms with Crippen molar-refractivity contribution in [1.82, 2.24) is 24.6 Å². The molecule has 1 aliphatic carbocycles. The number of fused-ring (bicyclic) bond motifs is 3. The van der Waals surface area contributed by atoms with E-state index in [2.05, 4.69) is 20.6 Å². The van der Waals surface area contributed by atoms with Crippen LogP contribution in [0.25, 0.3) is 0 Å². The number of alkyl halides is 2. The number of rotatable bonds is 2. The van der Waals surface area contributed by atoms with Crippen molar-refractivity contribution in [3.05, 3.63) is 16.9 Å². The van der Waals surface area contributed by atoms with Crippen molar-refractivity contribution in [3.63, 3.8) is 0 Å². The molecule has 2 aromatic heterocycles. The lowest BCUT2D eigenvalue weighted by molar-refractivity contribution is -0.00327. The predicted octanol–water partition coefficient (Wildman–Crippen LogP) is 4.01. The summed E-state index contributed by atoms with van der Waals surface area (Å²) in [4.78, 5) is 10.7. The molecule has 0 spiro atoms. The van der Waals surface area contributed by atoms with Gasteiger partial charge in [-0.2, -0.15) is 4.98 Å². The van der Waals surface area contributed by atoms with E-state index in [9.17, 15) is 8.78 Å². The molecule has 2 bridgehead atoms. The zero-order chi connectivity index (χ0) is 21.8. The highest BCUT2D eigenvalue weighted by Crippen LogP contribution is 2.43. The number of likely N-dealkylation sites (tertiary alicyclic amines) is 1. The highest BCUT2D eigenvalue weighted by atomic mass is 35.5. The maximum Gasteiger partial charge on any atom is 0.261 e. The molecule has 1 atom stereocenters. The van der Waals surface area contributed by atoms with E-state index in [1.165, 1.54) is 0 Å². The lowest BCUT2D eigenvalue weighted by Crippen LogP contribution is -2.45. The highest BCUT2D eigenvalue weighted by Gasteiger charge is 2.45. The Hall–Kier alpha value is -2.20. The van der Waals surface area contributed by atoms with Crippen LogP contribution in [0.4, 0.5) is 26.2 Å². The van der Waals surface area contributed by atoms with Gasteiger partial charge in [0, 0.05) is 31.5 Å². The second-order valence-corrected chi connectivity index (χ2v) is 9.17. The minimum Gasteiger partial charge on any atom is -0.475 e. The maximum absolute atomic E-state index is 13.6. The molecular weight excluding hydrogens is 428 g/mol. The van der Waals surface area contributed by atoms with Crippen LogP contribution in [0.5, 0.6) is 5.88 Å². The summed E-state index contributed by atoms with van der Waals surface area (Å²) in [7, 11) is 0. The SMILES string of the molecule is Cc1c2c(nn1C1CC(N3CCC(F)(F)C3)C1)OCCC(C)Nc1nc(ncc1Cl)N2. The monoisotopic (exact) mass is 453 g/mol. The van der Waals surface area contributed by atoms with Gasteiger partial charge in [-0.15, -0.1) is 5.10 Å². The minimum atomic E-state index is -2.56. The van der Waals surface area contributed by atoms with Gasteiger partial charge in [0.25, 0.3) is 11.8 Å². The van der Waals surface area contributed by atoms with Crippen LogP contribution in [0, 0.1) is 6.92 Å². The first-order chi connectivity index (χ1) is 14.8. The Kier molecular flexibility index (Phi) is 5.16. The number of hydrogen-bond donors (Lipinski definition) is 2. The second-order valence-electron chi connectivity index (χ2n) is 8.76. The van der Waals surface area contributed by atoms with Gasteiger partial charge < -0.3 is 15.4 Å². The molecular formula is C20H26ClF2N7O. The van der Waals surface area contributed by atoms with Gasteiger partial charge in [-0.05, 0) is 26.7 Å². The first kappa shape index (κ1) is 20.7. The Bertz CT molecular complexity index is 979. The summed E-state index contributed by atoms with van der Waals surface area (Å²) in [6.07, 6.45) is 3.87. The van der Waals surface area contributed by atoms with Crippen molar-refractivity contribution >= 4 is 29.1 Å². The molecule has 8 nitrogen and oxygen atoms in total. The zero-order valence-electron chi connectivity index (χ0n) is 17.5. The van der Waals surface area contributed by atoms with E-state index >= 15 is 0 Å². The molecule has 168 valence electrons. The summed E-state index contributed by atoms with van der Waals surface area (Å²) in [6.45, 7) is 4.82. The van der Waals surface area contributed by atoms with E-state index in [0.717, 1.165) is 30.6 Å². The van der Waals surface area contributed by atoms with Crippen molar-refractivity contribution in [1.29, 1.82) is 0 Å². The Labute approximate surface area is 184 Å². The van der Waals surface area contributed by atoms with Crippen LogP contribution < -0.4 is 15.4 Å². The normalized spacial score (nSPS) is 27.8. The first-order valence-electron chi connectivity index (χ1n) is 10.7. The summed E-state index contributed by atoms with van der Waals surface area (Å²) >= 11 is 6.23. The molecule has 31 heavy (non-hydrogen) atoms. The van der Waals surface area contributed by atoms with Gasteiger partial charge in [0.15, 0.2) is 5.82 Å². The lowest BCUT2D eigenvalue weighted by Gasteiger charge is -2.41. The third kappa shape index (κ3) is 4.03. The highest BCUT2D eigenvalue weighted by molar-refractivity contribution is 6.32. The third-order valence-electron chi connectivity index (χ3n) is 6.42. The van der Waals surface area contributed by atoms with Gasteiger partial charge in [0.2, 0.25) is 5.95 Å². The molecule has 1 saturated heterocycles. The first-order valence-corrected chi connectivity index (χ1v) is 11.1. The Balaban J connectivity index is 1.37. The van der Waals surface area contributed by atoms with Gasteiger partial charge in [-0.3, -0.25) is 9.58 Å². The molecule has 2 fully saturated rings. The molecule has 1 unspecified atom stereocenters.